The number of nitrogens with one attached hydrogen (secondary N) is 1. The molecule has 1 aromatic heterocycles. The molecule has 1 N–H and O–H groups in total. The van der Waals surface area contributed by atoms with Crippen LogP contribution in [0.4, 0.5) is 5.69 Å². The van der Waals surface area contributed by atoms with Crippen molar-refractivity contribution in [2.24, 2.45) is 0 Å². The van der Waals surface area contributed by atoms with Crippen molar-refractivity contribution in [2.75, 3.05) is 4.72 Å². The second-order valence-electron chi connectivity index (χ2n) is 5.97. The topological polar surface area (TPSA) is 70.0 Å². The Morgan fingerprint density at radius 3 is 2.39 bits per heavy atom. The molecule has 9 heteroatoms. The van der Waals surface area contributed by atoms with Gasteiger partial charge in [0.15, 0.2) is 0 Å². The molecule has 4 nitrogen and oxygen atoms in total. The van der Waals surface area contributed by atoms with Gasteiger partial charge in [0, 0.05) is 10.0 Å². The van der Waals surface area contributed by atoms with Crippen molar-refractivity contribution in [3.8, 4) is 6.07 Å². The molecule has 1 atom stereocenters. The third kappa shape index (κ3) is 4.53. The maximum atomic E-state index is 12.6. The number of hydrogen-bond donors (Lipinski definition) is 1. The fourth-order valence-corrected chi connectivity index (χ4v) is 6.18. The highest BCUT2D eigenvalue weighted by molar-refractivity contribution is 9.11. The summed E-state index contributed by atoms with van der Waals surface area (Å²) < 4.78 is 28.6. The molecule has 3 aromatic rings. The number of nitriles is 1. The van der Waals surface area contributed by atoms with Gasteiger partial charge in [-0.25, -0.2) is 8.42 Å². The molecule has 144 valence electrons. The van der Waals surface area contributed by atoms with Gasteiger partial charge in [-0.05, 0) is 69.9 Å². The van der Waals surface area contributed by atoms with Crippen LogP contribution in [0.15, 0.2) is 56.5 Å². The zero-order valence-electron chi connectivity index (χ0n) is 14.4. The first-order chi connectivity index (χ1) is 13.2. The predicted molar refractivity (Wildman–Crippen MR) is 118 cm³/mol. The molecular weight excluding hydrogens is 503 g/mol. The van der Waals surface area contributed by atoms with Gasteiger partial charge in [-0.3, -0.25) is 4.72 Å². The quantitative estimate of drug-likeness (QED) is 0.417. The second kappa shape index (κ2) is 8.44. The summed E-state index contributed by atoms with van der Waals surface area (Å²) in [5.74, 6) is -0.595. The molecular formula is C19H13BrCl2N2O2S2. The number of anilines is 1. The van der Waals surface area contributed by atoms with E-state index in [1.165, 1.54) is 12.1 Å². The summed E-state index contributed by atoms with van der Waals surface area (Å²) in [7, 11) is -3.73. The first-order valence-electron chi connectivity index (χ1n) is 7.94. The van der Waals surface area contributed by atoms with E-state index in [2.05, 4.69) is 26.7 Å². The van der Waals surface area contributed by atoms with Crippen molar-refractivity contribution in [1.82, 2.24) is 0 Å². The normalized spacial score (nSPS) is 12.4. The number of rotatable bonds is 5. The molecule has 0 spiro atoms. The lowest BCUT2D eigenvalue weighted by Crippen LogP contribution is -2.13. The smallest absolute Gasteiger partial charge is 0.271 e. The molecule has 0 saturated carbocycles. The van der Waals surface area contributed by atoms with Crippen LogP contribution < -0.4 is 4.72 Å². The monoisotopic (exact) mass is 514 g/mol. The van der Waals surface area contributed by atoms with E-state index in [-0.39, 0.29) is 4.21 Å². The van der Waals surface area contributed by atoms with Crippen LogP contribution in [-0.4, -0.2) is 8.42 Å². The third-order valence-electron chi connectivity index (χ3n) is 4.04. The fraction of sp³-hybridized carbons (Fsp3) is 0.105. The Bertz CT molecular complexity index is 1170. The SMILES string of the molecule is Cc1cc([C@H](C#N)c2ccc(Cl)cc2)c(Cl)cc1NS(=O)(=O)c1ccc(Br)s1. The van der Waals surface area contributed by atoms with E-state index in [1.54, 1.807) is 43.3 Å². The van der Waals surface area contributed by atoms with E-state index >= 15 is 0 Å². The van der Waals surface area contributed by atoms with Crippen LogP contribution in [0.3, 0.4) is 0 Å². The lowest BCUT2D eigenvalue weighted by Gasteiger charge is -2.16. The van der Waals surface area contributed by atoms with E-state index in [0.717, 1.165) is 20.7 Å². The van der Waals surface area contributed by atoms with Crippen molar-refractivity contribution < 1.29 is 8.42 Å². The highest BCUT2D eigenvalue weighted by Crippen LogP contribution is 2.35. The zero-order valence-corrected chi connectivity index (χ0v) is 19.1. The number of thiophene rings is 1. The van der Waals surface area contributed by atoms with Gasteiger partial charge in [0.2, 0.25) is 0 Å². The minimum Gasteiger partial charge on any atom is -0.279 e. The summed E-state index contributed by atoms with van der Waals surface area (Å²) in [6, 6.07) is 15.7. The van der Waals surface area contributed by atoms with Gasteiger partial charge < -0.3 is 0 Å². The summed E-state index contributed by atoms with van der Waals surface area (Å²) in [4.78, 5) is 0. The van der Waals surface area contributed by atoms with Gasteiger partial charge in [0.1, 0.15) is 4.21 Å². The maximum absolute atomic E-state index is 12.6. The van der Waals surface area contributed by atoms with E-state index in [4.69, 9.17) is 23.2 Å². The lowest BCUT2D eigenvalue weighted by molar-refractivity contribution is 0.603. The Morgan fingerprint density at radius 2 is 1.82 bits per heavy atom. The van der Waals surface area contributed by atoms with Gasteiger partial charge >= 0.3 is 0 Å². The first kappa shape index (κ1) is 21.2. The molecule has 0 aliphatic carbocycles. The Kier molecular flexibility index (Phi) is 6.37. The number of benzene rings is 2. The molecule has 0 bridgehead atoms. The molecule has 3 rings (SSSR count). The first-order valence-corrected chi connectivity index (χ1v) is 11.8. The molecule has 0 saturated heterocycles. The van der Waals surface area contributed by atoms with Crippen molar-refractivity contribution in [1.29, 1.82) is 5.26 Å². The van der Waals surface area contributed by atoms with Crippen LogP contribution in [0.25, 0.3) is 0 Å². The summed E-state index contributed by atoms with van der Waals surface area (Å²) in [6.07, 6.45) is 0. The Hall–Kier alpha value is -1.56. The van der Waals surface area contributed by atoms with Crippen LogP contribution in [0.1, 0.15) is 22.6 Å². The largest absolute Gasteiger partial charge is 0.279 e. The van der Waals surface area contributed by atoms with Crippen molar-refractivity contribution in [3.63, 3.8) is 0 Å². The number of sulfonamides is 1. The van der Waals surface area contributed by atoms with Crippen LogP contribution >= 0.6 is 50.5 Å². The summed E-state index contributed by atoms with van der Waals surface area (Å²) in [5, 5.41) is 10.5. The molecule has 0 unspecified atom stereocenters. The van der Waals surface area contributed by atoms with Crippen molar-refractivity contribution in [2.45, 2.75) is 17.1 Å². The summed E-state index contributed by atoms with van der Waals surface area (Å²) in [5.41, 5.74) is 2.38. The Balaban J connectivity index is 1.97. The molecule has 0 aliphatic heterocycles. The van der Waals surface area contributed by atoms with Gasteiger partial charge in [-0.1, -0.05) is 41.4 Å². The van der Waals surface area contributed by atoms with Gasteiger partial charge in [0.05, 0.1) is 21.5 Å². The van der Waals surface area contributed by atoms with Crippen LogP contribution in [-0.2, 0) is 10.0 Å². The van der Waals surface area contributed by atoms with Crippen LogP contribution in [0.5, 0.6) is 0 Å². The molecule has 0 radical (unpaired) electrons. The van der Waals surface area contributed by atoms with Gasteiger partial charge in [-0.15, -0.1) is 11.3 Å². The molecule has 0 amide bonds. The molecule has 2 aromatic carbocycles. The van der Waals surface area contributed by atoms with Crippen LogP contribution in [0.2, 0.25) is 10.0 Å². The second-order valence-corrected chi connectivity index (χ2v) is 11.2. The minimum absolute atomic E-state index is 0.190. The minimum atomic E-state index is -3.73. The van der Waals surface area contributed by atoms with E-state index in [1.807, 2.05) is 0 Å². The third-order valence-corrected chi connectivity index (χ3v) is 8.11. The standard InChI is InChI=1S/C19H13BrCl2N2O2S2/c1-11-8-14(15(10-23)12-2-4-13(21)5-3-12)16(22)9-17(11)24-28(25,26)19-7-6-18(20)27-19/h2-9,15,24H,1H3/t15-/m1/s1. The summed E-state index contributed by atoms with van der Waals surface area (Å²) in [6.45, 7) is 1.76. The molecule has 28 heavy (non-hydrogen) atoms. The predicted octanol–water partition coefficient (Wildman–Crippen LogP) is 6.58. The van der Waals surface area contributed by atoms with Gasteiger partial charge in [-0.2, -0.15) is 5.26 Å². The maximum Gasteiger partial charge on any atom is 0.271 e. The van der Waals surface area contributed by atoms with E-state index in [0.29, 0.717) is 26.9 Å². The Labute approximate surface area is 185 Å². The highest BCUT2D eigenvalue weighted by Gasteiger charge is 2.21. The number of hydrogen-bond acceptors (Lipinski definition) is 4. The number of halogens is 3. The Morgan fingerprint density at radius 1 is 1.14 bits per heavy atom. The molecule has 1 heterocycles. The lowest BCUT2D eigenvalue weighted by atomic mass is 9.91. The molecule has 0 fully saturated rings. The molecule has 0 aliphatic rings. The number of aryl methyl sites for hydroxylation is 1. The number of nitrogens with zero attached hydrogens (tertiary/aromatic N) is 1. The highest BCUT2D eigenvalue weighted by atomic mass is 79.9. The van der Waals surface area contributed by atoms with Crippen LogP contribution in [0, 0.1) is 18.3 Å². The average molecular weight is 516 g/mol. The van der Waals surface area contributed by atoms with E-state index < -0.39 is 15.9 Å². The van der Waals surface area contributed by atoms with Crippen molar-refractivity contribution >= 4 is 66.2 Å². The zero-order chi connectivity index (χ0) is 20.5. The summed E-state index contributed by atoms with van der Waals surface area (Å²) >= 11 is 16.7. The van der Waals surface area contributed by atoms with Crippen molar-refractivity contribution in [3.05, 3.63) is 79.1 Å². The fourth-order valence-electron chi connectivity index (χ4n) is 2.65. The van der Waals surface area contributed by atoms with E-state index in [9.17, 15) is 13.7 Å². The average Bonchev–Trinajstić information content (AvgIpc) is 3.08. The van der Waals surface area contributed by atoms with Gasteiger partial charge in [0.25, 0.3) is 10.0 Å².